The highest BCUT2D eigenvalue weighted by atomic mass is 32.1. The lowest BCUT2D eigenvalue weighted by Crippen LogP contribution is -2.17. The van der Waals surface area contributed by atoms with E-state index in [0.29, 0.717) is 0 Å². The third-order valence-electron chi connectivity index (χ3n) is 3.34. The molecule has 0 fully saturated rings. The summed E-state index contributed by atoms with van der Waals surface area (Å²) in [5.41, 5.74) is 2.23. The van der Waals surface area contributed by atoms with Crippen LogP contribution in [0.1, 0.15) is 5.56 Å². The number of benzene rings is 2. The van der Waals surface area contributed by atoms with E-state index in [4.69, 9.17) is 0 Å². The minimum Gasteiger partial charge on any atom is -0.370 e. The number of anilines is 1. The molecule has 0 spiro atoms. The van der Waals surface area contributed by atoms with E-state index in [1.165, 1.54) is 16.7 Å². The van der Waals surface area contributed by atoms with Crippen molar-refractivity contribution in [2.75, 3.05) is 11.9 Å². The van der Waals surface area contributed by atoms with Crippen molar-refractivity contribution in [3.05, 3.63) is 75.8 Å². The van der Waals surface area contributed by atoms with E-state index in [0.717, 1.165) is 22.5 Å². The van der Waals surface area contributed by atoms with E-state index in [2.05, 4.69) is 23.1 Å². The second kappa shape index (κ2) is 5.47. The summed E-state index contributed by atoms with van der Waals surface area (Å²) in [5.74, 6) is 0. The van der Waals surface area contributed by atoms with Crippen LogP contribution in [-0.4, -0.2) is 7.05 Å². The molecule has 1 heterocycles. The van der Waals surface area contributed by atoms with Gasteiger partial charge in [-0.2, -0.15) is 0 Å². The standard InChI is InChI=1S/C17H15NOS/c1-18(14-7-3-2-4-8-14)12-13-11-17(19)20-16-10-6-5-9-15(13)16/h2-11H,12H2,1H3. The monoisotopic (exact) mass is 281 g/mol. The Hall–Kier alpha value is -2.13. The Labute approximate surface area is 121 Å². The molecule has 20 heavy (non-hydrogen) atoms. The number of para-hydroxylation sites is 1. The summed E-state index contributed by atoms with van der Waals surface area (Å²) in [6.45, 7) is 0.729. The van der Waals surface area contributed by atoms with Crippen LogP contribution in [0.4, 0.5) is 5.69 Å². The minimum absolute atomic E-state index is 0.111. The molecule has 0 aliphatic heterocycles. The van der Waals surface area contributed by atoms with Crippen LogP contribution >= 0.6 is 11.3 Å². The molecule has 0 saturated carbocycles. The van der Waals surface area contributed by atoms with Gasteiger partial charge in [0.15, 0.2) is 0 Å². The maximum atomic E-state index is 11.8. The number of fused-ring (bicyclic) bond motifs is 1. The molecule has 0 amide bonds. The number of nitrogens with zero attached hydrogens (tertiary/aromatic N) is 1. The average molecular weight is 281 g/mol. The zero-order valence-corrected chi connectivity index (χ0v) is 12.1. The Kier molecular flexibility index (Phi) is 3.52. The molecular formula is C17H15NOS. The second-order valence-electron chi connectivity index (χ2n) is 4.78. The zero-order valence-electron chi connectivity index (χ0n) is 11.2. The van der Waals surface area contributed by atoms with Gasteiger partial charge >= 0.3 is 0 Å². The maximum absolute atomic E-state index is 11.8. The summed E-state index contributed by atoms with van der Waals surface area (Å²) in [6, 6.07) is 20.0. The van der Waals surface area contributed by atoms with Crippen molar-refractivity contribution in [3.63, 3.8) is 0 Å². The van der Waals surface area contributed by atoms with Crippen LogP contribution in [0.5, 0.6) is 0 Å². The minimum atomic E-state index is 0.111. The van der Waals surface area contributed by atoms with Crippen molar-refractivity contribution in [1.29, 1.82) is 0 Å². The topological polar surface area (TPSA) is 20.3 Å². The second-order valence-corrected chi connectivity index (χ2v) is 5.82. The highest BCUT2D eigenvalue weighted by Crippen LogP contribution is 2.22. The summed E-state index contributed by atoms with van der Waals surface area (Å²) in [6.07, 6.45) is 0. The SMILES string of the molecule is CN(Cc1cc(=O)sc2ccccc12)c1ccccc1. The van der Waals surface area contributed by atoms with Crippen molar-refractivity contribution in [2.45, 2.75) is 6.54 Å². The molecule has 0 N–H and O–H groups in total. The zero-order chi connectivity index (χ0) is 13.9. The van der Waals surface area contributed by atoms with E-state index < -0.39 is 0 Å². The first-order valence-electron chi connectivity index (χ1n) is 6.52. The normalized spacial score (nSPS) is 10.7. The van der Waals surface area contributed by atoms with Gasteiger partial charge in [0.25, 0.3) is 0 Å². The van der Waals surface area contributed by atoms with E-state index in [1.807, 2.05) is 43.4 Å². The Morgan fingerprint density at radius 2 is 1.70 bits per heavy atom. The molecule has 100 valence electrons. The van der Waals surface area contributed by atoms with Gasteiger partial charge in [-0.15, -0.1) is 0 Å². The van der Waals surface area contributed by atoms with Crippen LogP contribution in [0.25, 0.3) is 10.1 Å². The maximum Gasteiger partial charge on any atom is 0.233 e. The molecule has 0 bridgehead atoms. The molecule has 1 aromatic heterocycles. The van der Waals surface area contributed by atoms with Gasteiger partial charge in [-0.1, -0.05) is 47.7 Å². The van der Waals surface area contributed by atoms with Gasteiger partial charge in [0, 0.05) is 30.0 Å². The molecule has 0 aliphatic rings. The largest absolute Gasteiger partial charge is 0.370 e. The molecule has 2 aromatic carbocycles. The molecule has 3 rings (SSSR count). The Bertz CT molecular complexity index is 780. The van der Waals surface area contributed by atoms with Crippen molar-refractivity contribution in [2.24, 2.45) is 0 Å². The Morgan fingerprint density at radius 3 is 2.50 bits per heavy atom. The fourth-order valence-corrected chi connectivity index (χ4v) is 3.21. The van der Waals surface area contributed by atoms with Crippen LogP contribution in [-0.2, 0) is 6.54 Å². The summed E-state index contributed by atoms with van der Waals surface area (Å²) in [7, 11) is 2.05. The van der Waals surface area contributed by atoms with Gasteiger partial charge < -0.3 is 4.90 Å². The van der Waals surface area contributed by atoms with Crippen molar-refractivity contribution in [3.8, 4) is 0 Å². The fraction of sp³-hybridized carbons (Fsp3) is 0.118. The smallest absolute Gasteiger partial charge is 0.233 e. The van der Waals surface area contributed by atoms with Gasteiger partial charge in [-0.05, 0) is 29.1 Å². The molecule has 0 saturated heterocycles. The highest BCUT2D eigenvalue weighted by Gasteiger charge is 2.07. The van der Waals surface area contributed by atoms with Crippen molar-refractivity contribution in [1.82, 2.24) is 0 Å². The summed E-state index contributed by atoms with van der Waals surface area (Å²) >= 11 is 1.30. The van der Waals surface area contributed by atoms with E-state index in [9.17, 15) is 4.79 Å². The van der Waals surface area contributed by atoms with E-state index >= 15 is 0 Å². The van der Waals surface area contributed by atoms with Crippen LogP contribution < -0.4 is 9.64 Å². The summed E-state index contributed by atoms with van der Waals surface area (Å²) in [5, 5.41) is 1.17. The molecular weight excluding hydrogens is 266 g/mol. The van der Waals surface area contributed by atoms with Gasteiger partial charge in [-0.3, -0.25) is 4.79 Å². The third-order valence-corrected chi connectivity index (χ3v) is 4.24. The first-order chi connectivity index (χ1) is 9.74. The van der Waals surface area contributed by atoms with Crippen LogP contribution in [0, 0.1) is 0 Å². The molecule has 0 aliphatic carbocycles. The van der Waals surface area contributed by atoms with Gasteiger partial charge in [0.05, 0.1) is 0 Å². The van der Waals surface area contributed by atoms with Crippen molar-refractivity contribution >= 4 is 27.1 Å². The number of hydrogen-bond donors (Lipinski definition) is 0. The molecule has 3 heteroatoms. The summed E-state index contributed by atoms with van der Waals surface area (Å²) in [4.78, 5) is 14.0. The van der Waals surface area contributed by atoms with E-state index in [-0.39, 0.29) is 4.74 Å². The predicted molar refractivity (Wildman–Crippen MR) is 86.6 cm³/mol. The van der Waals surface area contributed by atoms with E-state index in [1.54, 1.807) is 6.07 Å². The average Bonchev–Trinajstić information content (AvgIpc) is 2.48. The van der Waals surface area contributed by atoms with Gasteiger partial charge in [0.1, 0.15) is 0 Å². The van der Waals surface area contributed by atoms with Crippen LogP contribution in [0.3, 0.4) is 0 Å². The fourth-order valence-electron chi connectivity index (χ4n) is 2.34. The van der Waals surface area contributed by atoms with Crippen LogP contribution in [0.15, 0.2) is 65.5 Å². The Morgan fingerprint density at radius 1 is 1.00 bits per heavy atom. The molecule has 0 unspecified atom stereocenters. The number of rotatable bonds is 3. The summed E-state index contributed by atoms with van der Waals surface area (Å²) < 4.78 is 1.16. The lowest BCUT2D eigenvalue weighted by Gasteiger charge is -2.20. The molecule has 0 atom stereocenters. The Balaban J connectivity index is 2.01. The first-order valence-corrected chi connectivity index (χ1v) is 7.33. The molecule has 3 aromatic rings. The van der Waals surface area contributed by atoms with Crippen molar-refractivity contribution < 1.29 is 0 Å². The lowest BCUT2D eigenvalue weighted by molar-refractivity contribution is 0.930. The number of hydrogen-bond acceptors (Lipinski definition) is 3. The van der Waals surface area contributed by atoms with Gasteiger partial charge in [-0.25, -0.2) is 0 Å². The first kappa shape index (κ1) is 12.9. The quantitative estimate of drug-likeness (QED) is 0.725. The predicted octanol–water partition coefficient (Wildman–Crippen LogP) is 3.90. The molecule has 2 nitrogen and oxygen atoms in total. The van der Waals surface area contributed by atoms with Crippen LogP contribution in [0.2, 0.25) is 0 Å². The third kappa shape index (κ3) is 2.58. The lowest BCUT2D eigenvalue weighted by atomic mass is 10.1. The highest BCUT2D eigenvalue weighted by molar-refractivity contribution is 7.16. The molecule has 0 radical (unpaired) electrons. The van der Waals surface area contributed by atoms with Gasteiger partial charge in [0.2, 0.25) is 4.74 Å².